The largest absolute Gasteiger partial charge is 0.296 e. The minimum atomic E-state index is 0.0743. The molecular formula is C19H26BrN. The van der Waals surface area contributed by atoms with Crippen molar-refractivity contribution in [3.63, 3.8) is 0 Å². The summed E-state index contributed by atoms with van der Waals surface area (Å²) in [6.45, 7) is 11.5. The number of alkyl halides is 1. The normalized spacial score (nSPS) is 11.7. The smallest absolute Gasteiger partial charge is 0.0283 e. The van der Waals surface area contributed by atoms with Crippen LogP contribution < -0.4 is 0 Å². The quantitative estimate of drug-likeness (QED) is 0.516. The van der Waals surface area contributed by atoms with E-state index in [1.807, 2.05) is 6.08 Å². The molecular weight excluding hydrogens is 322 g/mol. The van der Waals surface area contributed by atoms with E-state index in [0.717, 1.165) is 25.0 Å². The van der Waals surface area contributed by atoms with Gasteiger partial charge in [0.25, 0.3) is 0 Å². The zero-order chi connectivity index (χ0) is 15.7. The molecule has 0 aliphatic carbocycles. The predicted octanol–water partition coefficient (Wildman–Crippen LogP) is 5.01. The molecule has 1 rings (SSSR count). The van der Waals surface area contributed by atoms with Gasteiger partial charge in [0, 0.05) is 23.8 Å². The SMILES string of the molecule is CCN(C/C=C/C#CC(C)(C)C)Cc1cccc(CBr)c1. The van der Waals surface area contributed by atoms with Gasteiger partial charge < -0.3 is 0 Å². The molecule has 0 spiro atoms. The van der Waals surface area contributed by atoms with Crippen molar-refractivity contribution >= 4 is 15.9 Å². The predicted molar refractivity (Wildman–Crippen MR) is 96.4 cm³/mol. The molecule has 0 saturated carbocycles. The molecule has 0 heterocycles. The highest BCUT2D eigenvalue weighted by atomic mass is 79.9. The summed E-state index contributed by atoms with van der Waals surface area (Å²) >= 11 is 3.51. The Labute approximate surface area is 138 Å². The van der Waals surface area contributed by atoms with Crippen molar-refractivity contribution in [2.24, 2.45) is 5.41 Å². The van der Waals surface area contributed by atoms with Crippen LogP contribution in [-0.2, 0) is 11.9 Å². The van der Waals surface area contributed by atoms with Crippen LogP contribution in [-0.4, -0.2) is 18.0 Å². The van der Waals surface area contributed by atoms with E-state index in [-0.39, 0.29) is 5.41 Å². The molecule has 0 bridgehead atoms. The Morgan fingerprint density at radius 1 is 1.24 bits per heavy atom. The van der Waals surface area contributed by atoms with Crippen LogP contribution >= 0.6 is 15.9 Å². The summed E-state index contributed by atoms with van der Waals surface area (Å²) in [4.78, 5) is 2.41. The van der Waals surface area contributed by atoms with Crippen molar-refractivity contribution < 1.29 is 0 Å². The lowest BCUT2D eigenvalue weighted by molar-refractivity contribution is 0.311. The highest BCUT2D eigenvalue weighted by Gasteiger charge is 2.03. The first-order valence-electron chi connectivity index (χ1n) is 7.48. The van der Waals surface area contributed by atoms with E-state index in [9.17, 15) is 0 Å². The zero-order valence-corrected chi connectivity index (χ0v) is 15.2. The molecule has 0 aromatic heterocycles. The molecule has 0 N–H and O–H groups in total. The van der Waals surface area contributed by atoms with Crippen LogP contribution in [0.3, 0.4) is 0 Å². The molecule has 21 heavy (non-hydrogen) atoms. The number of hydrogen-bond acceptors (Lipinski definition) is 1. The molecule has 0 atom stereocenters. The molecule has 0 fully saturated rings. The summed E-state index contributed by atoms with van der Waals surface area (Å²) in [6.07, 6.45) is 4.12. The Morgan fingerprint density at radius 3 is 2.57 bits per heavy atom. The van der Waals surface area contributed by atoms with Gasteiger partial charge >= 0.3 is 0 Å². The van der Waals surface area contributed by atoms with Gasteiger partial charge in [0.15, 0.2) is 0 Å². The van der Waals surface area contributed by atoms with Gasteiger partial charge in [-0.25, -0.2) is 0 Å². The Kier molecular flexibility index (Phi) is 7.78. The summed E-state index contributed by atoms with van der Waals surface area (Å²) < 4.78 is 0. The van der Waals surface area contributed by atoms with Crippen molar-refractivity contribution in [3.8, 4) is 11.8 Å². The standard InChI is InChI=1S/C19H26BrN/c1-5-21(13-8-6-7-12-19(2,3)4)16-18-11-9-10-17(14-18)15-20/h6,8-11,14H,5,13,15-16H2,1-4H3/b8-6+. The number of halogens is 1. The van der Waals surface area contributed by atoms with E-state index in [1.165, 1.54) is 11.1 Å². The topological polar surface area (TPSA) is 3.24 Å². The molecule has 1 aromatic carbocycles. The first kappa shape index (κ1) is 18.0. The minimum absolute atomic E-state index is 0.0743. The molecule has 0 amide bonds. The second-order valence-electron chi connectivity index (χ2n) is 6.20. The first-order valence-corrected chi connectivity index (χ1v) is 8.60. The van der Waals surface area contributed by atoms with Crippen LogP contribution in [0.2, 0.25) is 0 Å². The van der Waals surface area contributed by atoms with Crippen molar-refractivity contribution in [2.75, 3.05) is 13.1 Å². The zero-order valence-electron chi connectivity index (χ0n) is 13.6. The van der Waals surface area contributed by atoms with Gasteiger partial charge in [0.05, 0.1) is 0 Å². The molecule has 0 saturated heterocycles. The fraction of sp³-hybridized carbons (Fsp3) is 0.474. The highest BCUT2D eigenvalue weighted by molar-refractivity contribution is 9.08. The van der Waals surface area contributed by atoms with Crippen LogP contribution in [0.5, 0.6) is 0 Å². The van der Waals surface area contributed by atoms with E-state index in [4.69, 9.17) is 0 Å². The third kappa shape index (κ3) is 8.09. The maximum absolute atomic E-state index is 3.51. The van der Waals surface area contributed by atoms with Crippen LogP contribution in [0.15, 0.2) is 36.4 Å². The molecule has 0 aliphatic rings. The highest BCUT2D eigenvalue weighted by Crippen LogP contribution is 2.11. The molecule has 1 nitrogen and oxygen atoms in total. The van der Waals surface area contributed by atoms with Crippen molar-refractivity contribution in [2.45, 2.75) is 39.6 Å². The molecule has 0 unspecified atom stereocenters. The van der Waals surface area contributed by atoms with Crippen LogP contribution in [0, 0.1) is 17.3 Å². The van der Waals surface area contributed by atoms with Crippen molar-refractivity contribution in [1.29, 1.82) is 0 Å². The lowest BCUT2D eigenvalue weighted by Gasteiger charge is -2.18. The number of hydrogen-bond donors (Lipinski definition) is 0. The number of benzene rings is 1. The fourth-order valence-electron chi connectivity index (χ4n) is 1.89. The van der Waals surface area contributed by atoms with E-state index in [2.05, 4.69) is 90.7 Å². The molecule has 114 valence electrons. The third-order valence-electron chi connectivity index (χ3n) is 3.01. The van der Waals surface area contributed by atoms with Gasteiger partial charge in [-0.05, 0) is 44.5 Å². The summed E-state index contributed by atoms with van der Waals surface area (Å²) in [5.41, 5.74) is 2.77. The lowest BCUT2D eigenvalue weighted by Crippen LogP contribution is -2.22. The van der Waals surface area contributed by atoms with E-state index in [0.29, 0.717) is 0 Å². The Balaban J connectivity index is 2.55. The molecule has 0 aliphatic heterocycles. The van der Waals surface area contributed by atoms with E-state index in [1.54, 1.807) is 0 Å². The maximum Gasteiger partial charge on any atom is 0.0283 e. The Morgan fingerprint density at radius 2 is 1.95 bits per heavy atom. The van der Waals surface area contributed by atoms with E-state index >= 15 is 0 Å². The van der Waals surface area contributed by atoms with Crippen molar-refractivity contribution in [1.82, 2.24) is 4.90 Å². The molecule has 1 aromatic rings. The summed E-state index contributed by atoms with van der Waals surface area (Å²) in [7, 11) is 0. The number of likely N-dealkylation sites (N-methyl/N-ethyl adjacent to an activating group) is 1. The maximum atomic E-state index is 3.51. The Bertz CT molecular complexity index is 514. The van der Waals surface area contributed by atoms with Gasteiger partial charge in [-0.1, -0.05) is 65.0 Å². The van der Waals surface area contributed by atoms with Crippen LogP contribution in [0.1, 0.15) is 38.8 Å². The Hall–Kier alpha value is -1.04. The molecule has 0 radical (unpaired) electrons. The minimum Gasteiger partial charge on any atom is -0.296 e. The van der Waals surface area contributed by atoms with Gasteiger partial charge in [-0.15, -0.1) is 0 Å². The third-order valence-corrected chi connectivity index (χ3v) is 3.66. The average molecular weight is 348 g/mol. The second-order valence-corrected chi connectivity index (χ2v) is 6.76. The van der Waals surface area contributed by atoms with E-state index < -0.39 is 0 Å². The van der Waals surface area contributed by atoms with Crippen molar-refractivity contribution in [3.05, 3.63) is 47.5 Å². The van der Waals surface area contributed by atoms with Gasteiger partial charge in [0.2, 0.25) is 0 Å². The number of rotatable bonds is 6. The summed E-state index contributed by atoms with van der Waals surface area (Å²) in [5.74, 6) is 6.34. The summed E-state index contributed by atoms with van der Waals surface area (Å²) in [5, 5.41) is 0.912. The lowest BCUT2D eigenvalue weighted by atomic mass is 9.98. The fourth-order valence-corrected chi connectivity index (χ4v) is 2.24. The number of allylic oxidation sites excluding steroid dienone is 1. The average Bonchev–Trinajstić information content (AvgIpc) is 2.44. The second kappa shape index (κ2) is 9.07. The first-order chi connectivity index (χ1) is 9.94. The molecule has 2 heteroatoms. The van der Waals surface area contributed by atoms with Crippen LogP contribution in [0.25, 0.3) is 0 Å². The van der Waals surface area contributed by atoms with Gasteiger partial charge in [-0.2, -0.15) is 0 Å². The number of nitrogens with zero attached hydrogens (tertiary/aromatic N) is 1. The van der Waals surface area contributed by atoms with Gasteiger partial charge in [-0.3, -0.25) is 4.90 Å². The van der Waals surface area contributed by atoms with Gasteiger partial charge in [0.1, 0.15) is 0 Å². The summed E-state index contributed by atoms with van der Waals surface area (Å²) in [6, 6.07) is 8.74. The monoisotopic (exact) mass is 347 g/mol. The van der Waals surface area contributed by atoms with Crippen LogP contribution in [0.4, 0.5) is 0 Å².